The van der Waals surface area contributed by atoms with E-state index in [4.69, 9.17) is 20.9 Å². The molecule has 0 saturated carbocycles. The molecule has 1 N–H and O–H groups in total. The van der Waals surface area contributed by atoms with Crippen molar-refractivity contribution in [2.45, 2.75) is 12.6 Å². The highest BCUT2D eigenvalue weighted by atomic mass is 35.5. The summed E-state index contributed by atoms with van der Waals surface area (Å²) in [6.45, 7) is 3.42. The van der Waals surface area contributed by atoms with E-state index in [1.54, 1.807) is 0 Å². The molecule has 1 aromatic carbocycles. The number of hydrogen-bond acceptors (Lipinski definition) is 5. The number of aliphatic hydroxyl groups is 1. The third-order valence-electron chi connectivity index (χ3n) is 3.80. The van der Waals surface area contributed by atoms with Crippen LogP contribution in [-0.2, 0) is 11.3 Å². The maximum atomic E-state index is 12.2. The molecule has 0 bridgehead atoms. The molecule has 124 valence electrons. The minimum Gasteiger partial charge on any atom is -0.390 e. The first kappa shape index (κ1) is 16.3. The lowest BCUT2D eigenvalue weighted by Gasteiger charge is -2.28. The molecule has 1 aromatic heterocycles. The smallest absolute Gasteiger partial charge is 0.302 e. The van der Waals surface area contributed by atoms with Gasteiger partial charge in [0, 0.05) is 25.2 Å². The molecule has 1 unspecified atom stereocenters. The predicted octanol–water partition coefficient (Wildman–Crippen LogP) is 1.45. The highest BCUT2D eigenvalue weighted by molar-refractivity contribution is 6.32. The zero-order valence-corrected chi connectivity index (χ0v) is 13.4. The van der Waals surface area contributed by atoms with Crippen LogP contribution in [0.1, 0.15) is 0 Å². The average Bonchev–Trinajstić information content (AvgIpc) is 2.85. The number of β-amino-alcohol motifs (C(OH)–C–C–N with tert-alkyl or cyclic N) is 1. The van der Waals surface area contributed by atoms with Gasteiger partial charge in [-0.15, -0.1) is 0 Å². The molecular weight excluding hydrogens is 320 g/mol. The Bertz CT molecular complexity index is 692. The number of hydrogen-bond donors (Lipinski definition) is 1. The molecule has 2 aromatic rings. The van der Waals surface area contributed by atoms with Crippen molar-refractivity contribution >= 4 is 11.6 Å². The molecule has 1 fully saturated rings. The van der Waals surface area contributed by atoms with Gasteiger partial charge in [0.2, 0.25) is 0 Å². The van der Waals surface area contributed by atoms with Crippen LogP contribution in [0.25, 0.3) is 11.3 Å². The van der Waals surface area contributed by atoms with Gasteiger partial charge in [0.05, 0.1) is 25.9 Å². The quantitative estimate of drug-likeness (QED) is 0.894. The highest BCUT2D eigenvalue weighted by Crippen LogP contribution is 2.25. The summed E-state index contributed by atoms with van der Waals surface area (Å²) < 4.78 is 12.0. The highest BCUT2D eigenvalue weighted by Gasteiger charge is 2.20. The Hall–Kier alpha value is -1.60. The summed E-state index contributed by atoms with van der Waals surface area (Å²) in [5.41, 5.74) is 0.308. The summed E-state index contributed by atoms with van der Waals surface area (Å²) in [4.78, 5) is 14.3. The Morgan fingerprint density at radius 3 is 2.57 bits per heavy atom. The van der Waals surface area contributed by atoms with Crippen LogP contribution in [0.4, 0.5) is 0 Å². The molecule has 1 atom stereocenters. The normalized spacial score (nSPS) is 17.3. The second-order valence-corrected chi connectivity index (χ2v) is 5.91. The minimum absolute atomic E-state index is 0.0368. The van der Waals surface area contributed by atoms with E-state index in [9.17, 15) is 9.90 Å². The first-order valence-electron chi connectivity index (χ1n) is 7.58. The Morgan fingerprint density at radius 1 is 1.17 bits per heavy atom. The van der Waals surface area contributed by atoms with E-state index in [0.717, 1.165) is 23.4 Å². The van der Waals surface area contributed by atoms with Crippen molar-refractivity contribution in [2.24, 2.45) is 0 Å². The molecule has 7 heteroatoms. The third kappa shape index (κ3) is 3.84. The summed E-state index contributed by atoms with van der Waals surface area (Å²) in [7, 11) is 0. The first-order chi connectivity index (χ1) is 11.1. The van der Waals surface area contributed by atoms with Gasteiger partial charge < -0.3 is 14.4 Å². The fourth-order valence-electron chi connectivity index (χ4n) is 2.62. The second kappa shape index (κ2) is 7.31. The molecule has 2 heterocycles. The van der Waals surface area contributed by atoms with Crippen molar-refractivity contribution in [3.8, 4) is 11.3 Å². The maximum Gasteiger partial charge on any atom is 0.302 e. The average molecular weight is 339 g/mol. The van der Waals surface area contributed by atoms with Crippen LogP contribution in [0.15, 0.2) is 39.6 Å². The van der Waals surface area contributed by atoms with Crippen molar-refractivity contribution in [1.29, 1.82) is 0 Å². The Morgan fingerprint density at radius 2 is 1.87 bits per heavy atom. The van der Waals surface area contributed by atoms with Gasteiger partial charge in [-0.05, 0) is 0 Å². The number of aliphatic hydroxyl groups excluding tert-OH is 1. The minimum atomic E-state index is -0.711. The van der Waals surface area contributed by atoms with Crippen LogP contribution < -0.4 is 5.56 Å². The SMILES string of the molecule is O=c1c(Cl)c(-c2ccccc2)on1CC(O)CN1CCOCC1. The standard InChI is InChI=1S/C16H19ClN2O4/c17-14-15(12-4-2-1-3-5-12)23-19(16(14)21)11-13(20)10-18-6-8-22-9-7-18/h1-5,13,20H,6-11H2. The van der Waals surface area contributed by atoms with E-state index in [1.165, 1.54) is 0 Å². The molecule has 3 rings (SSSR count). The Kier molecular flexibility index (Phi) is 5.17. The summed E-state index contributed by atoms with van der Waals surface area (Å²) >= 11 is 6.09. The van der Waals surface area contributed by atoms with Gasteiger partial charge in [0.25, 0.3) is 0 Å². The van der Waals surface area contributed by atoms with E-state index in [-0.39, 0.29) is 11.6 Å². The van der Waals surface area contributed by atoms with Crippen molar-refractivity contribution in [2.75, 3.05) is 32.8 Å². The molecule has 0 radical (unpaired) electrons. The van der Waals surface area contributed by atoms with Crippen LogP contribution >= 0.6 is 11.6 Å². The van der Waals surface area contributed by atoms with Crippen LogP contribution in [0.3, 0.4) is 0 Å². The zero-order valence-electron chi connectivity index (χ0n) is 12.7. The van der Waals surface area contributed by atoms with Crippen molar-refractivity contribution < 1.29 is 14.4 Å². The van der Waals surface area contributed by atoms with E-state index < -0.39 is 11.7 Å². The molecule has 1 aliphatic rings. The number of aromatic nitrogens is 1. The molecule has 0 aliphatic carbocycles. The predicted molar refractivity (Wildman–Crippen MR) is 86.7 cm³/mol. The fourth-order valence-corrected chi connectivity index (χ4v) is 2.86. The molecule has 6 nitrogen and oxygen atoms in total. The molecular formula is C16H19ClN2O4. The summed E-state index contributed by atoms with van der Waals surface area (Å²) in [6.07, 6.45) is -0.711. The number of benzene rings is 1. The summed E-state index contributed by atoms with van der Waals surface area (Å²) in [5, 5.41) is 10.2. The van der Waals surface area contributed by atoms with Crippen LogP contribution in [0, 0.1) is 0 Å². The molecule has 0 spiro atoms. The van der Waals surface area contributed by atoms with Crippen LogP contribution in [-0.4, -0.2) is 53.7 Å². The Balaban J connectivity index is 1.72. The molecule has 1 saturated heterocycles. The van der Waals surface area contributed by atoms with Gasteiger partial charge >= 0.3 is 5.56 Å². The van der Waals surface area contributed by atoms with Gasteiger partial charge in [0.1, 0.15) is 0 Å². The van der Waals surface area contributed by atoms with E-state index >= 15 is 0 Å². The van der Waals surface area contributed by atoms with Crippen molar-refractivity contribution in [3.63, 3.8) is 0 Å². The lowest BCUT2D eigenvalue weighted by molar-refractivity contribution is 0.00611. The number of ether oxygens (including phenoxy) is 1. The lowest BCUT2D eigenvalue weighted by atomic mass is 10.2. The van der Waals surface area contributed by atoms with Crippen LogP contribution in [0.5, 0.6) is 0 Å². The number of rotatable bonds is 5. The van der Waals surface area contributed by atoms with E-state index in [0.29, 0.717) is 25.5 Å². The third-order valence-corrected chi connectivity index (χ3v) is 4.13. The first-order valence-corrected chi connectivity index (χ1v) is 7.96. The van der Waals surface area contributed by atoms with Gasteiger partial charge in [-0.25, -0.2) is 0 Å². The molecule has 23 heavy (non-hydrogen) atoms. The van der Waals surface area contributed by atoms with Gasteiger partial charge in [-0.3, -0.25) is 9.69 Å². The number of nitrogens with zero attached hydrogens (tertiary/aromatic N) is 2. The van der Waals surface area contributed by atoms with Gasteiger partial charge in [0.15, 0.2) is 10.8 Å². The lowest BCUT2D eigenvalue weighted by Crippen LogP contribution is -2.42. The number of halogens is 1. The van der Waals surface area contributed by atoms with Crippen molar-refractivity contribution in [3.05, 3.63) is 45.7 Å². The molecule has 0 amide bonds. The van der Waals surface area contributed by atoms with E-state index in [2.05, 4.69) is 4.90 Å². The summed E-state index contributed by atoms with van der Waals surface area (Å²) in [6, 6.07) is 9.20. The fraction of sp³-hybridized carbons (Fsp3) is 0.438. The number of morpholine rings is 1. The van der Waals surface area contributed by atoms with Crippen molar-refractivity contribution in [1.82, 2.24) is 9.64 Å². The van der Waals surface area contributed by atoms with Gasteiger partial charge in [-0.1, -0.05) is 41.9 Å². The maximum absolute atomic E-state index is 12.2. The monoisotopic (exact) mass is 338 g/mol. The topological polar surface area (TPSA) is 67.8 Å². The van der Waals surface area contributed by atoms with Crippen LogP contribution in [0.2, 0.25) is 5.02 Å². The second-order valence-electron chi connectivity index (χ2n) is 5.53. The largest absolute Gasteiger partial charge is 0.390 e. The van der Waals surface area contributed by atoms with E-state index in [1.807, 2.05) is 30.3 Å². The zero-order chi connectivity index (χ0) is 16.2. The Labute approximate surface area is 138 Å². The summed E-state index contributed by atoms with van der Waals surface area (Å²) in [5.74, 6) is 0.329. The van der Waals surface area contributed by atoms with Gasteiger partial charge in [-0.2, -0.15) is 4.74 Å². The molecule has 1 aliphatic heterocycles.